The molecule has 0 aliphatic rings. The van der Waals surface area contributed by atoms with Crippen LogP contribution in [0, 0.1) is 0 Å². The van der Waals surface area contributed by atoms with E-state index in [1.807, 2.05) is 55.5 Å². The third-order valence-electron chi connectivity index (χ3n) is 4.11. The summed E-state index contributed by atoms with van der Waals surface area (Å²) in [6.07, 6.45) is 2.14. The van der Waals surface area contributed by atoms with Gasteiger partial charge in [-0.05, 0) is 30.2 Å². The number of nitrogens with zero attached hydrogens (tertiary/aromatic N) is 2. The minimum absolute atomic E-state index is 0.0860. The SMILES string of the molecule is COc1cc(Cc2cnc(N)nc2N)ccc1OC(C)c1ccccc1. The lowest BCUT2D eigenvalue weighted by atomic mass is 10.1. The van der Waals surface area contributed by atoms with Crippen LogP contribution in [0.5, 0.6) is 11.5 Å². The molecule has 3 rings (SSSR count). The zero-order valence-electron chi connectivity index (χ0n) is 14.8. The number of ether oxygens (including phenoxy) is 2. The van der Waals surface area contributed by atoms with Crippen LogP contribution in [0.1, 0.15) is 29.7 Å². The molecule has 0 saturated heterocycles. The summed E-state index contributed by atoms with van der Waals surface area (Å²) in [7, 11) is 1.62. The Morgan fingerprint density at radius 2 is 1.81 bits per heavy atom. The fourth-order valence-corrected chi connectivity index (χ4v) is 2.69. The summed E-state index contributed by atoms with van der Waals surface area (Å²) in [6.45, 7) is 2.01. The second-order valence-corrected chi connectivity index (χ2v) is 5.97. The highest BCUT2D eigenvalue weighted by atomic mass is 16.5. The predicted molar refractivity (Wildman–Crippen MR) is 102 cm³/mol. The second-order valence-electron chi connectivity index (χ2n) is 5.97. The van der Waals surface area contributed by atoms with Gasteiger partial charge in [0.1, 0.15) is 11.9 Å². The lowest BCUT2D eigenvalue weighted by molar-refractivity contribution is 0.216. The molecule has 0 aliphatic heterocycles. The van der Waals surface area contributed by atoms with Crippen LogP contribution in [-0.4, -0.2) is 17.1 Å². The van der Waals surface area contributed by atoms with E-state index in [9.17, 15) is 0 Å². The Hall–Kier alpha value is -3.28. The summed E-state index contributed by atoms with van der Waals surface area (Å²) >= 11 is 0. The molecule has 2 aromatic carbocycles. The van der Waals surface area contributed by atoms with Crippen molar-refractivity contribution in [3.05, 3.63) is 71.4 Å². The van der Waals surface area contributed by atoms with Crippen LogP contribution in [0.15, 0.2) is 54.7 Å². The molecule has 134 valence electrons. The minimum Gasteiger partial charge on any atom is -0.493 e. The van der Waals surface area contributed by atoms with Crippen LogP contribution in [0.25, 0.3) is 0 Å². The molecule has 4 N–H and O–H groups in total. The Kier molecular flexibility index (Phi) is 5.22. The quantitative estimate of drug-likeness (QED) is 0.707. The van der Waals surface area contributed by atoms with Crippen LogP contribution >= 0.6 is 0 Å². The van der Waals surface area contributed by atoms with Gasteiger partial charge in [0.05, 0.1) is 7.11 Å². The van der Waals surface area contributed by atoms with Crippen molar-refractivity contribution >= 4 is 11.8 Å². The Morgan fingerprint density at radius 1 is 1.04 bits per heavy atom. The molecule has 26 heavy (non-hydrogen) atoms. The number of benzene rings is 2. The molecule has 1 unspecified atom stereocenters. The molecule has 1 atom stereocenters. The first-order valence-corrected chi connectivity index (χ1v) is 8.32. The van der Waals surface area contributed by atoms with E-state index < -0.39 is 0 Å². The van der Waals surface area contributed by atoms with Crippen molar-refractivity contribution in [2.45, 2.75) is 19.4 Å². The van der Waals surface area contributed by atoms with Crippen molar-refractivity contribution in [3.63, 3.8) is 0 Å². The maximum Gasteiger partial charge on any atom is 0.221 e. The highest BCUT2D eigenvalue weighted by Crippen LogP contribution is 2.32. The molecular formula is C20H22N4O2. The molecule has 0 aliphatic carbocycles. The van der Waals surface area contributed by atoms with Crippen molar-refractivity contribution < 1.29 is 9.47 Å². The highest BCUT2D eigenvalue weighted by molar-refractivity contribution is 5.48. The normalized spacial score (nSPS) is 11.8. The number of nitrogens with two attached hydrogens (primary N) is 2. The largest absolute Gasteiger partial charge is 0.493 e. The molecule has 3 aromatic rings. The average Bonchev–Trinajstić information content (AvgIpc) is 2.65. The fourth-order valence-electron chi connectivity index (χ4n) is 2.69. The van der Waals surface area contributed by atoms with Gasteiger partial charge in [-0.15, -0.1) is 0 Å². The molecule has 0 fully saturated rings. The van der Waals surface area contributed by atoms with Gasteiger partial charge in [-0.25, -0.2) is 4.98 Å². The van der Waals surface area contributed by atoms with E-state index in [4.69, 9.17) is 20.9 Å². The third kappa shape index (κ3) is 4.03. The molecular weight excluding hydrogens is 328 g/mol. The second kappa shape index (κ2) is 7.74. The van der Waals surface area contributed by atoms with E-state index in [-0.39, 0.29) is 12.1 Å². The standard InChI is InChI=1S/C20H22N4O2/c1-13(15-6-4-3-5-7-15)26-17-9-8-14(11-18(17)25-2)10-16-12-23-20(22)24-19(16)21/h3-9,11-13H,10H2,1-2H3,(H4,21,22,23,24). The van der Waals surface area contributed by atoms with Gasteiger partial charge in [-0.2, -0.15) is 4.98 Å². The van der Waals surface area contributed by atoms with Gasteiger partial charge >= 0.3 is 0 Å². The predicted octanol–water partition coefficient (Wildman–Crippen LogP) is 3.38. The topological polar surface area (TPSA) is 96.3 Å². The Bertz CT molecular complexity index is 884. The summed E-state index contributed by atoms with van der Waals surface area (Å²) in [5, 5.41) is 0. The van der Waals surface area contributed by atoms with E-state index in [0.29, 0.717) is 23.7 Å². The van der Waals surface area contributed by atoms with Gasteiger partial charge in [0.15, 0.2) is 11.5 Å². The first-order valence-electron chi connectivity index (χ1n) is 8.32. The average molecular weight is 350 g/mol. The molecule has 6 nitrogen and oxygen atoms in total. The van der Waals surface area contributed by atoms with Gasteiger partial charge in [0, 0.05) is 18.2 Å². The monoisotopic (exact) mass is 350 g/mol. The Labute approximate surface area is 152 Å². The maximum atomic E-state index is 6.08. The van der Waals surface area contributed by atoms with Crippen LogP contribution in [0.3, 0.4) is 0 Å². The number of methoxy groups -OCH3 is 1. The molecule has 0 amide bonds. The molecule has 0 bridgehead atoms. The molecule has 1 heterocycles. The first kappa shape index (κ1) is 17.5. The molecule has 6 heteroatoms. The van der Waals surface area contributed by atoms with E-state index >= 15 is 0 Å². The van der Waals surface area contributed by atoms with Gasteiger partial charge < -0.3 is 20.9 Å². The van der Waals surface area contributed by atoms with E-state index in [1.54, 1.807) is 13.3 Å². The van der Waals surface area contributed by atoms with E-state index in [1.165, 1.54) is 0 Å². The summed E-state index contributed by atoms with van der Waals surface area (Å²) in [5.74, 6) is 1.91. The smallest absolute Gasteiger partial charge is 0.221 e. The van der Waals surface area contributed by atoms with Crippen LogP contribution in [-0.2, 0) is 6.42 Å². The zero-order chi connectivity index (χ0) is 18.5. The highest BCUT2D eigenvalue weighted by Gasteiger charge is 2.13. The van der Waals surface area contributed by atoms with Crippen molar-refractivity contribution in [3.8, 4) is 11.5 Å². The number of nitrogen functional groups attached to an aromatic ring is 2. The number of hydrogen-bond donors (Lipinski definition) is 2. The van der Waals surface area contributed by atoms with E-state index in [2.05, 4.69) is 9.97 Å². The van der Waals surface area contributed by atoms with Gasteiger partial charge in [-0.3, -0.25) is 0 Å². The lowest BCUT2D eigenvalue weighted by Gasteiger charge is -2.18. The molecule has 1 aromatic heterocycles. The van der Waals surface area contributed by atoms with Gasteiger partial charge in [0.2, 0.25) is 5.95 Å². The summed E-state index contributed by atoms with van der Waals surface area (Å²) in [4.78, 5) is 7.99. The Morgan fingerprint density at radius 3 is 2.50 bits per heavy atom. The third-order valence-corrected chi connectivity index (χ3v) is 4.11. The minimum atomic E-state index is -0.0860. The van der Waals surface area contributed by atoms with Crippen molar-refractivity contribution in [2.75, 3.05) is 18.6 Å². The number of hydrogen-bond acceptors (Lipinski definition) is 6. The van der Waals surface area contributed by atoms with Crippen LogP contribution in [0.4, 0.5) is 11.8 Å². The molecule has 0 saturated carbocycles. The maximum absolute atomic E-state index is 6.08. The Balaban J connectivity index is 1.79. The summed E-state index contributed by atoms with van der Waals surface area (Å²) < 4.78 is 11.6. The lowest BCUT2D eigenvalue weighted by Crippen LogP contribution is -2.05. The molecule has 0 spiro atoms. The van der Waals surface area contributed by atoms with Gasteiger partial charge in [0.25, 0.3) is 0 Å². The van der Waals surface area contributed by atoms with Crippen molar-refractivity contribution in [1.29, 1.82) is 0 Å². The number of anilines is 2. The zero-order valence-corrected chi connectivity index (χ0v) is 14.8. The van der Waals surface area contributed by atoms with Crippen LogP contribution < -0.4 is 20.9 Å². The summed E-state index contributed by atoms with van der Waals surface area (Å²) in [5.41, 5.74) is 14.4. The molecule has 0 radical (unpaired) electrons. The van der Waals surface area contributed by atoms with Crippen molar-refractivity contribution in [1.82, 2.24) is 9.97 Å². The number of rotatable bonds is 6. The van der Waals surface area contributed by atoms with Crippen LogP contribution in [0.2, 0.25) is 0 Å². The first-order chi connectivity index (χ1) is 12.6. The fraction of sp³-hybridized carbons (Fsp3) is 0.200. The number of aromatic nitrogens is 2. The summed E-state index contributed by atoms with van der Waals surface area (Å²) in [6, 6.07) is 15.9. The van der Waals surface area contributed by atoms with E-state index in [0.717, 1.165) is 16.7 Å². The van der Waals surface area contributed by atoms with Crippen molar-refractivity contribution in [2.24, 2.45) is 0 Å². The van der Waals surface area contributed by atoms with Gasteiger partial charge in [-0.1, -0.05) is 36.4 Å².